The van der Waals surface area contributed by atoms with E-state index >= 15 is 0 Å². The van der Waals surface area contributed by atoms with Crippen LogP contribution in [0.5, 0.6) is 0 Å². The predicted molar refractivity (Wildman–Crippen MR) is 85.4 cm³/mol. The molecule has 2 heteroatoms. The van der Waals surface area contributed by atoms with Crippen molar-refractivity contribution in [3.63, 3.8) is 0 Å². The Balaban J connectivity index is 1.72. The Morgan fingerprint density at radius 1 is 1.10 bits per heavy atom. The number of fused-ring (bicyclic) bond motifs is 1. The van der Waals surface area contributed by atoms with E-state index in [2.05, 4.69) is 20.8 Å². The molecule has 2 nitrogen and oxygen atoms in total. The van der Waals surface area contributed by atoms with Crippen molar-refractivity contribution in [2.24, 2.45) is 17.3 Å². The lowest BCUT2D eigenvalue weighted by atomic mass is 9.69. The van der Waals surface area contributed by atoms with Crippen molar-refractivity contribution in [2.75, 3.05) is 0 Å². The molecule has 0 bridgehead atoms. The maximum atomic E-state index is 12.6. The van der Waals surface area contributed by atoms with Gasteiger partial charge in [-0.05, 0) is 49.1 Å². The van der Waals surface area contributed by atoms with E-state index in [1.807, 2.05) is 30.3 Å². The van der Waals surface area contributed by atoms with Gasteiger partial charge < -0.3 is 4.42 Å². The van der Waals surface area contributed by atoms with Crippen LogP contribution in [-0.2, 0) is 0 Å². The summed E-state index contributed by atoms with van der Waals surface area (Å²) in [5, 5.41) is 1.02. The third-order valence-corrected chi connectivity index (χ3v) is 4.99. The summed E-state index contributed by atoms with van der Waals surface area (Å²) in [6.07, 6.45) is 4.30. The predicted octanol–water partition coefficient (Wildman–Crippen LogP) is 5.47. The number of carbonyl (C=O) groups is 1. The van der Waals surface area contributed by atoms with Crippen molar-refractivity contribution in [3.05, 3.63) is 36.1 Å². The quantitative estimate of drug-likeness (QED) is 0.685. The maximum Gasteiger partial charge on any atom is 0.201 e. The topological polar surface area (TPSA) is 30.2 Å². The molecule has 1 aromatic carbocycles. The number of carbonyl (C=O) groups excluding carboxylic acids is 1. The zero-order valence-electron chi connectivity index (χ0n) is 13.2. The van der Waals surface area contributed by atoms with Crippen LogP contribution in [0.15, 0.2) is 34.7 Å². The molecule has 0 atom stereocenters. The molecule has 0 N–H and O–H groups in total. The molecule has 0 spiro atoms. The van der Waals surface area contributed by atoms with Crippen LogP contribution in [0, 0.1) is 17.3 Å². The first-order chi connectivity index (χ1) is 9.95. The molecule has 0 aliphatic heterocycles. The Bertz CT molecular complexity index is 604. The van der Waals surface area contributed by atoms with Crippen molar-refractivity contribution in [1.29, 1.82) is 0 Å². The summed E-state index contributed by atoms with van der Waals surface area (Å²) in [6.45, 7) is 6.91. The lowest BCUT2D eigenvalue weighted by molar-refractivity contribution is 0.0794. The molecule has 1 aliphatic rings. The summed E-state index contributed by atoms with van der Waals surface area (Å²) in [7, 11) is 0. The van der Waals surface area contributed by atoms with E-state index < -0.39 is 0 Å². The van der Waals surface area contributed by atoms with E-state index in [1.165, 1.54) is 0 Å². The summed E-state index contributed by atoms with van der Waals surface area (Å²) >= 11 is 0. The minimum absolute atomic E-state index is 0.143. The first kappa shape index (κ1) is 14.4. The highest BCUT2D eigenvalue weighted by Crippen LogP contribution is 2.40. The smallest absolute Gasteiger partial charge is 0.201 e. The van der Waals surface area contributed by atoms with E-state index in [0.29, 0.717) is 11.2 Å². The van der Waals surface area contributed by atoms with Gasteiger partial charge in [0, 0.05) is 11.3 Å². The number of Topliss-reactive ketones (excluding diaryl/α,β-unsaturated/α-hetero) is 1. The van der Waals surface area contributed by atoms with E-state index in [4.69, 9.17) is 4.42 Å². The van der Waals surface area contributed by atoms with Crippen LogP contribution in [0.25, 0.3) is 11.0 Å². The average molecular weight is 284 g/mol. The van der Waals surface area contributed by atoms with Crippen LogP contribution in [-0.4, -0.2) is 5.78 Å². The summed E-state index contributed by atoms with van der Waals surface area (Å²) in [5.41, 5.74) is 1.16. The second-order valence-corrected chi connectivity index (χ2v) is 7.43. The summed E-state index contributed by atoms with van der Waals surface area (Å²) in [5.74, 6) is 1.61. The van der Waals surface area contributed by atoms with Crippen LogP contribution in [0.4, 0.5) is 0 Å². The first-order valence-electron chi connectivity index (χ1n) is 7.98. The van der Waals surface area contributed by atoms with Crippen molar-refractivity contribution in [3.8, 4) is 0 Å². The van der Waals surface area contributed by atoms with Gasteiger partial charge in [0.2, 0.25) is 5.78 Å². The molecule has 0 radical (unpaired) electrons. The average Bonchev–Trinajstić information content (AvgIpc) is 2.89. The highest BCUT2D eigenvalue weighted by atomic mass is 16.3. The van der Waals surface area contributed by atoms with Gasteiger partial charge in [-0.2, -0.15) is 0 Å². The normalized spacial score (nSPS) is 23.4. The number of ketones is 1. The van der Waals surface area contributed by atoms with Crippen molar-refractivity contribution < 1.29 is 9.21 Å². The minimum Gasteiger partial charge on any atom is -0.453 e. The minimum atomic E-state index is 0.143. The van der Waals surface area contributed by atoms with Gasteiger partial charge in [-0.15, -0.1) is 0 Å². The van der Waals surface area contributed by atoms with Crippen molar-refractivity contribution in [1.82, 2.24) is 0 Å². The molecule has 0 saturated heterocycles. The lowest BCUT2D eigenvalue weighted by Gasteiger charge is -2.36. The number of para-hydroxylation sites is 1. The van der Waals surface area contributed by atoms with Gasteiger partial charge >= 0.3 is 0 Å². The van der Waals surface area contributed by atoms with Crippen LogP contribution >= 0.6 is 0 Å². The van der Waals surface area contributed by atoms with Crippen LogP contribution < -0.4 is 0 Å². The zero-order valence-corrected chi connectivity index (χ0v) is 13.2. The molecule has 0 amide bonds. The molecule has 1 aliphatic carbocycles. The molecule has 21 heavy (non-hydrogen) atoms. The summed E-state index contributed by atoms with van der Waals surface area (Å²) in [6, 6.07) is 9.72. The molecule has 1 fully saturated rings. The third kappa shape index (κ3) is 2.90. The largest absolute Gasteiger partial charge is 0.453 e. The van der Waals surface area contributed by atoms with Gasteiger partial charge in [0.15, 0.2) is 5.76 Å². The summed E-state index contributed by atoms with van der Waals surface area (Å²) < 4.78 is 5.73. The Morgan fingerprint density at radius 2 is 1.76 bits per heavy atom. The van der Waals surface area contributed by atoms with Crippen LogP contribution in [0.3, 0.4) is 0 Å². The van der Waals surface area contributed by atoms with Gasteiger partial charge in [-0.3, -0.25) is 4.79 Å². The highest BCUT2D eigenvalue weighted by molar-refractivity contribution is 5.99. The van der Waals surface area contributed by atoms with Gasteiger partial charge in [0.1, 0.15) is 5.58 Å². The third-order valence-electron chi connectivity index (χ3n) is 4.99. The molecule has 1 saturated carbocycles. The number of hydrogen-bond donors (Lipinski definition) is 0. The lowest BCUT2D eigenvalue weighted by Crippen LogP contribution is -2.28. The first-order valence-corrected chi connectivity index (χ1v) is 7.98. The number of benzene rings is 1. The molecular formula is C19H24O2. The Hall–Kier alpha value is -1.57. The summed E-state index contributed by atoms with van der Waals surface area (Å²) in [4.78, 5) is 12.6. The van der Waals surface area contributed by atoms with E-state index in [-0.39, 0.29) is 11.7 Å². The van der Waals surface area contributed by atoms with Crippen molar-refractivity contribution in [2.45, 2.75) is 46.5 Å². The number of rotatable bonds is 2. The van der Waals surface area contributed by atoms with Crippen molar-refractivity contribution >= 4 is 16.8 Å². The van der Waals surface area contributed by atoms with Crippen LogP contribution in [0.2, 0.25) is 0 Å². The SMILES string of the molecule is CC(C)(C)C1CCC(C(=O)c2cc3ccccc3o2)CC1. The Morgan fingerprint density at radius 3 is 2.38 bits per heavy atom. The fourth-order valence-electron chi connectivity index (χ4n) is 3.53. The number of furan rings is 1. The molecular weight excluding hydrogens is 260 g/mol. The molecule has 1 heterocycles. The second-order valence-electron chi connectivity index (χ2n) is 7.43. The standard InChI is InChI=1S/C19H24O2/c1-19(2,3)15-10-8-13(9-11-15)18(20)17-12-14-6-4-5-7-16(14)21-17/h4-7,12-13,15H,8-11H2,1-3H3. The van der Waals surface area contributed by atoms with Gasteiger partial charge in [-0.1, -0.05) is 39.0 Å². The highest BCUT2D eigenvalue weighted by Gasteiger charge is 2.33. The van der Waals surface area contributed by atoms with Gasteiger partial charge in [0.05, 0.1) is 0 Å². The fraction of sp³-hybridized carbons (Fsp3) is 0.526. The fourth-order valence-corrected chi connectivity index (χ4v) is 3.53. The maximum absolute atomic E-state index is 12.6. The Labute approximate surface area is 126 Å². The van der Waals surface area contributed by atoms with E-state index in [1.54, 1.807) is 0 Å². The zero-order chi connectivity index (χ0) is 15.0. The van der Waals surface area contributed by atoms with Gasteiger partial charge in [0.25, 0.3) is 0 Å². The molecule has 2 aromatic rings. The molecule has 0 unspecified atom stereocenters. The second kappa shape index (κ2) is 5.32. The van der Waals surface area contributed by atoms with E-state index in [9.17, 15) is 4.79 Å². The van der Waals surface area contributed by atoms with E-state index in [0.717, 1.165) is 42.6 Å². The Kier molecular flexibility index (Phi) is 3.64. The molecule has 112 valence electrons. The molecule has 1 aromatic heterocycles. The number of hydrogen-bond acceptors (Lipinski definition) is 2. The monoisotopic (exact) mass is 284 g/mol. The molecule has 3 rings (SSSR count). The van der Waals surface area contributed by atoms with Gasteiger partial charge in [-0.25, -0.2) is 0 Å². The van der Waals surface area contributed by atoms with Crippen LogP contribution in [0.1, 0.15) is 57.0 Å².